The number of benzene rings is 1. The number of hydrogen-bond donors (Lipinski definition) is 1. The van der Waals surface area contributed by atoms with Crippen molar-refractivity contribution < 1.29 is 9.53 Å². The zero-order valence-corrected chi connectivity index (χ0v) is 15.4. The number of nitrogens with zero attached hydrogens (tertiary/aromatic N) is 2. The van der Waals surface area contributed by atoms with Gasteiger partial charge < -0.3 is 10.1 Å². The molecular formula is C19H21N3O2S. The van der Waals surface area contributed by atoms with Crippen molar-refractivity contribution in [3.63, 3.8) is 0 Å². The molecule has 0 fully saturated rings. The summed E-state index contributed by atoms with van der Waals surface area (Å²) in [5.41, 5.74) is 3.32. The summed E-state index contributed by atoms with van der Waals surface area (Å²) in [6.07, 6.45) is 1.47. The van der Waals surface area contributed by atoms with Crippen LogP contribution < -0.4 is 10.1 Å². The Balaban J connectivity index is 1.85. The Hall–Kier alpha value is -2.47. The van der Waals surface area contributed by atoms with Gasteiger partial charge in [-0.05, 0) is 18.4 Å². The highest BCUT2D eigenvalue weighted by Crippen LogP contribution is 2.37. The fourth-order valence-electron chi connectivity index (χ4n) is 2.41. The molecule has 5 nitrogen and oxygen atoms in total. The van der Waals surface area contributed by atoms with Crippen LogP contribution in [0.25, 0.3) is 21.3 Å². The smallest absolute Gasteiger partial charge is 0.258 e. The van der Waals surface area contributed by atoms with Crippen molar-refractivity contribution in [2.75, 3.05) is 13.2 Å². The van der Waals surface area contributed by atoms with Crippen LogP contribution in [0, 0.1) is 12.8 Å². The predicted octanol–water partition coefficient (Wildman–Crippen LogP) is 3.82. The number of ether oxygens (including phenoxy) is 1. The monoisotopic (exact) mass is 355 g/mol. The zero-order chi connectivity index (χ0) is 17.8. The molecule has 1 N–H and O–H groups in total. The Labute approximate surface area is 151 Å². The van der Waals surface area contributed by atoms with Gasteiger partial charge >= 0.3 is 0 Å². The number of amides is 1. The van der Waals surface area contributed by atoms with Crippen molar-refractivity contribution in [1.29, 1.82) is 0 Å². The van der Waals surface area contributed by atoms with Crippen LogP contribution in [0.2, 0.25) is 0 Å². The summed E-state index contributed by atoms with van der Waals surface area (Å²) in [4.78, 5) is 21.3. The summed E-state index contributed by atoms with van der Waals surface area (Å²) in [7, 11) is 0. The summed E-state index contributed by atoms with van der Waals surface area (Å²) in [5.74, 6) is 0.703. The second kappa shape index (κ2) is 7.61. The standard InChI is InChI=1S/C19H21N3O2S/c1-12(2)8-20-16(23)9-24-18-17-15(10-25-19(17)22-11-21-18)14-6-4-13(3)5-7-14/h4-7,10-12H,8-9H2,1-3H3,(H,20,23). The second-order valence-corrected chi connectivity index (χ2v) is 7.22. The first-order valence-corrected chi connectivity index (χ1v) is 9.11. The number of aromatic nitrogens is 2. The lowest BCUT2D eigenvalue weighted by atomic mass is 10.0. The van der Waals surface area contributed by atoms with Crippen molar-refractivity contribution in [2.45, 2.75) is 20.8 Å². The van der Waals surface area contributed by atoms with E-state index in [0.717, 1.165) is 21.3 Å². The lowest BCUT2D eigenvalue weighted by Gasteiger charge is -2.10. The van der Waals surface area contributed by atoms with Crippen LogP contribution in [0.1, 0.15) is 19.4 Å². The highest BCUT2D eigenvalue weighted by atomic mass is 32.1. The van der Waals surface area contributed by atoms with Gasteiger partial charge in [-0.25, -0.2) is 9.97 Å². The molecular weight excluding hydrogens is 334 g/mol. The number of aryl methyl sites for hydroxylation is 1. The van der Waals surface area contributed by atoms with Gasteiger partial charge in [0.25, 0.3) is 5.91 Å². The maximum Gasteiger partial charge on any atom is 0.258 e. The topological polar surface area (TPSA) is 64.1 Å². The summed E-state index contributed by atoms with van der Waals surface area (Å²) < 4.78 is 5.70. The molecule has 25 heavy (non-hydrogen) atoms. The first-order chi connectivity index (χ1) is 12.0. The summed E-state index contributed by atoms with van der Waals surface area (Å²) >= 11 is 1.54. The molecule has 6 heteroatoms. The Kier molecular flexibility index (Phi) is 5.28. The molecule has 130 valence electrons. The van der Waals surface area contributed by atoms with Gasteiger partial charge in [0, 0.05) is 17.5 Å². The van der Waals surface area contributed by atoms with Crippen LogP contribution in [-0.4, -0.2) is 29.0 Å². The lowest BCUT2D eigenvalue weighted by Crippen LogP contribution is -2.31. The van der Waals surface area contributed by atoms with E-state index in [0.29, 0.717) is 18.3 Å². The van der Waals surface area contributed by atoms with Crippen molar-refractivity contribution >= 4 is 27.5 Å². The van der Waals surface area contributed by atoms with Gasteiger partial charge in [-0.15, -0.1) is 11.3 Å². The van der Waals surface area contributed by atoms with Crippen molar-refractivity contribution in [3.05, 3.63) is 41.5 Å². The molecule has 0 aliphatic carbocycles. The van der Waals surface area contributed by atoms with E-state index in [1.807, 2.05) is 13.8 Å². The van der Waals surface area contributed by atoms with Crippen LogP contribution in [0.4, 0.5) is 0 Å². The van der Waals surface area contributed by atoms with Gasteiger partial charge in [-0.1, -0.05) is 43.7 Å². The SMILES string of the molecule is Cc1ccc(-c2csc3ncnc(OCC(=O)NCC(C)C)c23)cc1. The first-order valence-electron chi connectivity index (χ1n) is 8.23. The third-order valence-electron chi connectivity index (χ3n) is 3.75. The van der Waals surface area contributed by atoms with E-state index >= 15 is 0 Å². The van der Waals surface area contributed by atoms with Crippen LogP contribution in [0.5, 0.6) is 5.88 Å². The van der Waals surface area contributed by atoms with E-state index in [1.54, 1.807) is 11.3 Å². The first kappa shape index (κ1) is 17.4. The van der Waals surface area contributed by atoms with Gasteiger partial charge in [0.05, 0.1) is 5.39 Å². The number of nitrogens with one attached hydrogen (secondary N) is 1. The minimum absolute atomic E-state index is 0.0536. The summed E-state index contributed by atoms with van der Waals surface area (Å²) in [6.45, 7) is 6.74. The summed E-state index contributed by atoms with van der Waals surface area (Å²) in [6, 6.07) is 8.29. The molecule has 2 aromatic heterocycles. The van der Waals surface area contributed by atoms with Gasteiger partial charge in [-0.3, -0.25) is 4.79 Å². The van der Waals surface area contributed by atoms with E-state index in [4.69, 9.17) is 4.74 Å². The quantitative estimate of drug-likeness (QED) is 0.730. The van der Waals surface area contributed by atoms with Gasteiger partial charge in [0.2, 0.25) is 5.88 Å². The maximum atomic E-state index is 11.9. The van der Waals surface area contributed by atoms with E-state index < -0.39 is 0 Å². The highest BCUT2D eigenvalue weighted by molar-refractivity contribution is 7.17. The van der Waals surface area contributed by atoms with Gasteiger partial charge in [0.1, 0.15) is 11.2 Å². The van der Waals surface area contributed by atoms with E-state index in [9.17, 15) is 4.79 Å². The fourth-order valence-corrected chi connectivity index (χ4v) is 3.31. The highest BCUT2D eigenvalue weighted by Gasteiger charge is 2.15. The normalized spacial score (nSPS) is 11.0. The molecule has 3 aromatic rings. The molecule has 3 rings (SSSR count). The molecule has 0 aliphatic heterocycles. The van der Waals surface area contributed by atoms with Crippen molar-refractivity contribution in [1.82, 2.24) is 15.3 Å². The minimum Gasteiger partial charge on any atom is -0.467 e. The molecule has 1 aromatic carbocycles. The number of carbonyl (C=O) groups excluding carboxylic acids is 1. The molecule has 0 unspecified atom stereocenters. The van der Waals surface area contributed by atoms with Crippen molar-refractivity contribution in [2.24, 2.45) is 5.92 Å². The molecule has 0 spiro atoms. The van der Waals surface area contributed by atoms with E-state index in [2.05, 4.69) is 51.9 Å². The van der Waals surface area contributed by atoms with Crippen molar-refractivity contribution in [3.8, 4) is 17.0 Å². The molecule has 1 amide bonds. The second-order valence-electron chi connectivity index (χ2n) is 6.36. The summed E-state index contributed by atoms with van der Waals surface area (Å²) in [5, 5.41) is 5.75. The molecule has 0 atom stereocenters. The number of carbonyl (C=O) groups is 1. The van der Waals surface area contributed by atoms with Gasteiger partial charge in [-0.2, -0.15) is 0 Å². The van der Waals surface area contributed by atoms with Crippen LogP contribution in [0.3, 0.4) is 0 Å². The maximum absolute atomic E-state index is 11.9. The minimum atomic E-state index is -0.146. The molecule has 0 bridgehead atoms. The number of thiophene rings is 1. The van der Waals surface area contributed by atoms with E-state index in [1.165, 1.54) is 11.9 Å². The zero-order valence-electron chi connectivity index (χ0n) is 14.6. The average molecular weight is 355 g/mol. The Bertz CT molecular complexity index is 872. The molecule has 2 heterocycles. The number of rotatable bonds is 6. The van der Waals surface area contributed by atoms with Gasteiger partial charge in [0.15, 0.2) is 6.61 Å². The lowest BCUT2D eigenvalue weighted by molar-refractivity contribution is -0.123. The van der Waals surface area contributed by atoms with Crippen LogP contribution in [0.15, 0.2) is 36.0 Å². The van der Waals surface area contributed by atoms with E-state index in [-0.39, 0.29) is 12.5 Å². The average Bonchev–Trinajstić information content (AvgIpc) is 3.03. The Morgan fingerprint density at radius 2 is 2.00 bits per heavy atom. The largest absolute Gasteiger partial charge is 0.467 e. The fraction of sp³-hybridized carbons (Fsp3) is 0.316. The molecule has 0 radical (unpaired) electrons. The molecule has 0 saturated carbocycles. The predicted molar refractivity (Wildman–Crippen MR) is 101 cm³/mol. The third kappa shape index (κ3) is 4.14. The van der Waals surface area contributed by atoms with Crippen LogP contribution in [-0.2, 0) is 4.79 Å². The number of fused-ring (bicyclic) bond motifs is 1. The molecule has 0 saturated heterocycles. The third-order valence-corrected chi connectivity index (χ3v) is 4.63. The van der Waals surface area contributed by atoms with Crippen LogP contribution >= 0.6 is 11.3 Å². The molecule has 0 aliphatic rings. The number of hydrogen-bond acceptors (Lipinski definition) is 5. The Morgan fingerprint density at radius 1 is 1.24 bits per heavy atom. The Morgan fingerprint density at radius 3 is 2.72 bits per heavy atom.